The zero-order valence-electron chi connectivity index (χ0n) is 9.87. The normalized spacial score (nSPS) is 15.2. The summed E-state index contributed by atoms with van der Waals surface area (Å²) in [4.78, 5) is 14.5. The van der Waals surface area contributed by atoms with Gasteiger partial charge in [0.05, 0.1) is 4.88 Å². The van der Waals surface area contributed by atoms with Gasteiger partial charge in [-0.15, -0.1) is 11.3 Å². The van der Waals surface area contributed by atoms with Gasteiger partial charge in [0.25, 0.3) is 0 Å². The third-order valence-corrected chi connectivity index (χ3v) is 4.93. The van der Waals surface area contributed by atoms with Crippen molar-refractivity contribution in [1.82, 2.24) is 0 Å². The van der Waals surface area contributed by atoms with Gasteiger partial charge in [-0.3, -0.25) is 4.79 Å². The lowest BCUT2D eigenvalue weighted by Gasteiger charge is -1.93. The van der Waals surface area contributed by atoms with Crippen LogP contribution in [0.15, 0.2) is 27.3 Å². The molecule has 0 aliphatic heterocycles. The topological polar surface area (TPSA) is 30.2 Å². The van der Waals surface area contributed by atoms with Crippen molar-refractivity contribution in [1.29, 1.82) is 0 Å². The van der Waals surface area contributed by atoms with Gasteiger partial charge in [0.15, 0.2) is 10.4 Å². The van der Waals surface area contributed by atoms with Gasteiger partial charge in [-0.1, -0.05) is 6.42 Å². The van der Waals surface area contributed by atoms with Crippen LogP contribution in [0.4, 0.5) is 0 Å². The number of fused-ring (bicyclic) bond motifs is 1. The molecular weight excluding hydrogens is 312 g/mol. The standard InChI is InChI=1S/C14H13BrO2S/c15-13-7-6-10(17-13)14(16)12-8-9-4-2-1-3-5-11(9)18-12/h6-8H,1-5H2. The van der Waals surface area contributed by atoms with Crippen LogP contribution in [0.25, 0.3) is 0 Å². The van der Waals surface area contributed by atoms with Gasteiger partial charge in [0, 0.05) is 4.88 Å². The molecule has 0 saturated carbocycles. The molecule has 2 aromatic rings. The average molecular weight is 325 g/mol. The lowest BCUT2D eigenvalue weighted by atomic mass is 10.1. The Hall–Kier alpha value is -0.870. The van der Waals surface area contributed by atoms with Gasteiger partial charge in [0.1, 0.15) is 0 Å². The monoisotopic (exact) mass is 324 g/mol. The largest absolute Gasteiger partial charge is 0.446 e. The van der Waals surface area contributed by atoms with Crippen LogP contribution in [0.3, 0.4) is 0 Å². The van der Waals surface area contributed by atoms with E-state index in [-0.39, 0.29) is 5.78 Å². The van der Waals surface area contributed by atoms with E-state index >= 15 is 0 Å². The fraction of sp³-hybridized carbons (Fsp3) is 0.357. The van der Waals surface area contributed by atoms with Crippen molar-refractivity contribution < 1.29 is 9.21 Å². The number of carbonyl (C=O) groups excluding carboxylic acids is 1. The van der Waals surface area contributed by atoms with Crippen LogP contribution in [0.1, 0.15) is 45.1 Å². The summed E-state index contributed by atoms with van der Waals surface area (Å²) in [5.41, 5.74) is 1.37. The highest BCUT2D eigenvalue weighted by atomic mass is 79.9. The highest BCUT2D eigenvalue weighted by Crippen LogP contribution is 2.30. The van der Waals surface area contributed by atoms with E-state index in [0.29, 0.717) is 10.4 Å². The van der Waals surface area contributed by atoms with E-state index in [0.717, 1.165) is 17.7 Å². The first kappa shape index (κ1) is 12.2. The number of carbonyl (C=O) groups is 1. The second-order valence-electron chi connectivity index (χ2n) is 4.55. The van der Waals surface area contributed by atoms with E-state index in [1.807, 2.05) is 0 Å². The third kappa shape index (κ3) is 2.31. The Morgan fingerprint density at radius 1 is 1.22 bits per heavy atom. The maximum atomic E-state index is 12.3. The predicted molar refractivity (Wildman–Crippen MR) is 75.4 cm³/mol. The summed E-state index contributed by atoms with van der Waals surface area (Å²) in [6.45, 7) is 0. The highest BCUT2D eigenvalue weighted by Gasteiger charge is 2.19. The molecule has 3 rings (SSSR count). The van der Waals surface area contributed by atoms with Gasteiger partial charge < -0.3 is 4.42 Å². The second-order valence-corrected chi connectivity index (χ2v) is 6.47. The lowest BCUT2D eigenvalue weighted by molar-refractivity contribution is 0.101. The molecule has 0 bridgehead atoms. The summed E-state index contributed by atoms with van der Waals surface area (Å²) in [5.74, 6) is 0.414. The zero-order valence-corrected chi connectivity index (χ0v) is 12.3. The van der Waals surface area contributed by atoms with Crippen molar-refractivity contribution >= 4 is 33.0 Å². The van der Waals surface area contributed by atoms with E-state index in [2.05, 4.69) is 22.0 Å². The third-order valence-electron chi connectivity index (χ3n) is 3.27. The maximum absolute atomic E-state index is 12.3. The van der Waals surface area contributed by atoms with Crippen LogP contribution in [0.2, 0.25) is 0 Å². The molecule has 0 fully saturated rings. The minimum atomic E-state index is -0.00114. The smallest absolute Gasteiger partial charge is 0.238 e. The Morgan fingerprint density at radius 3 is 2.83 bits per heavy atom. The van der Waals surface area contributed by atoms with Gasteiger partial charge in [-0.2, -0.15) is 0 Å². The molecule has 0 unspecified atom stereocenters. The number of hydrogen-bond acceptors (Lipinski definition) is 3. The van der Waals surface area contributed by atoms with Crippen LogP contribution >= 0.6 is 27.3 Å². The summed E-state index contributed by atoms with van der Waals surface area (Å²) >= 11 is 4.86. The molecule has 2 aromatic heterocycles. The van der Waals surface area contributed by atoms with E-state index in [9.17, 15) is 4.79 Å². The van der Waals surface area contributed by atoms with Gasteiger partial charge in [0.2, 0.25) is 5.78 Å². The lowest BCUT2D eigenvalue weighted by Crippen LogP contribution is -1.95. The zero-order chi connectivity index (χ0) is 12.5. The molecule has 94 valence electrons. The van der Waals surface area contributed by atoms with E-state index in [1.165, 1.54) is 29.7 Å². The Labute approximate surface area is 118 Å². The first-order chi connectivity index (χ1) is 8.74. The molecule has 0 amide bonds. The van der Waals surface area contributed by atoms with Crippen molar-refractivity contribution in [3.05, 3.63) is 43.9 Å². The van der Waals surface area contributed by atoms with Gasteiger partial charge in [-0.05, 0) is 65.4 Å². The van der Waals surface area contributed by atoms with Crippen molar-refractivity contribution in [2.24, 2.45) is 0 Å². The molecule has 0 radical (unpaired) electrons. The van der Waals surface area contributed by atoms with E-state index in [4.69, 9.17) is 4.42 Å². The number of ketones is 1. The molecule has 0 saturated heterocycles. The number of furan rings is 1. The maximum Gasteiger partial charge on any atom is 0.238 e. The Balaban J connectivity index is 1.91. The summed E-state index contributed by atoms with van der Waals surface area (Å²) in [6.07, 6.45) is 6.02. The number of halogens is 1. The first-order valence-corrected chi connectivity index (χ1v) is 7.76. The molecule has 4 heteroatoms. The molecular formula is C14H13BrO2S. The molecule has 18 heavy (non-hydrogen) atoms. The molecule has 1 aliphatic carbocycles. The molecule has 0 atom stereocenters. The molecule has 2 nitrogen and oxygen atoms in total. The highest BCUT2D eigenvalue weighted by molar-refractivity contribution is 9.10. The van der Waals surface area contributed by atoms with E-state index in [1.54, 1.807) is 23.5 Å². The minimum Gasteiger partial charge on any atom is -0.446 e. The Bertz CT molecular complexity index is 559. The summed E-state index contributed by atoms with van der Waals surface area (Å²) in [6, 6.07) is 5.53. The molecule has 0 aromatic carbocycles. The number of thiophene rings is 1. The van der Waals surface area contributed by atoms with Crippen molar-refractivity contribution in [2.45, 2.75) is 32.1 Å². The molecule has 0 spiro atoms. The van der Waals surface area contributed by atoms with Gasteiger partial charge >= 0.3 is 0 Å². The van der Waals surface area contributed by atoms with Crippen molar-refractivity contribution in [3.8, 4) is 0 Å². The Morgan fingerprint density at radius 2 is 2.06 bits per heavy atom. The summed E-state index contributed by atoms with van der Waals surface area (Å²) in [5, 5.41) is 0. The second kappa shape index (κ2) is 5.02. The van der Waals surface area contributed by atoms with Crippen molar-refractivity contribution in [2.75, 3.05) is 0 Å². The van der Waals surface area contributed by atoms with Crippen LogP contribution in [-0.4, -0.2) is 5.78 Å². The van der Waals surface area contributed by atoms with Gasteiger partial charge in [-0.25, -0.2) is 0 Å². The van der Waals surface area contributed by atoms with Crippen LogP contribution in [0, 0.1) is 0 Å². The number of hydrogen-bond donors (Lipinski definition) is 0. The quantitative estimate of drug-likeness (QED) is 0.596. The minimum absolute atomic E-state index is 0.00114. The van der Waals surface area contributed by atoms with Crippen molar-refractivity contribution in [3.63, 3.8) is 0 Å². The summed E-state index contributed by atoms with van der Waals surface area (Å²) < 4.78 is 5.93. The number of rotatable bonds is 2. The SMILES string of the molecule is O=C(c1ccc(Br)o1)c1cc2c(s1)CCCCC2. The average Bonchev–Trinajstić information content (AvgIpc) is 2.90. The molecule has 2 heterocycles. The molecule has 0 N–H and O–H groups in total. The number of aryl methyl sites for hydroxylation is 2. The molecule has 1 aliphatic rings. The fourth-order valence-electron chi connectivity index (χ4n) is 2.34. The predicted octanol–water partition coefficient (Wildman–Crippen LogP) is 4.60. The van der Waals surface area contributed by atoms with Crippen LogP contribution in [0.5, 0.6) is 0 Å². The summed E-state index contributed by atoms with van der Waals surface area (Å²) in [7, 11) is 0. The van der Waals surface area contributed by atoms with E-state index < -0.39 is 0 Å². The Kier molecular flexibility index (Phi) is 3.39. The van der Waals surface area contributed by atoms with Crippen LogP contribution < -0.4 is 0 Å². The first-order valence-electron chi connectivity index (χ1n) is 6.15. The van der Waals surface area contributed by atoms with Crippen LogP contribution in [-0.2, 0) is 12.8 Å². The fourth-order valence-corrected chi connectivity index (χ4v) is 3.84.